The van der Waals surface area contributed by atoms with E-state index in [0.717, 1.165) is 19.3 Å². The molecule has 1 aliphatic carbocycles. The van der Waals surface area contributed by atoms with Crippen molar-refractivity contribution in [2.24, 2.45) is 0 Å². The van der Waals surface area contributed by atoms with Crippen molar-refractivity contribution in [2.75, 3.05) is 6.61 Å². The zero-order valence-corrected chi connectivity index (χ0v) is 18.2. The van der Waals surface area contributed by atoms with E-state index in [2.05, 4.69) is 15.7 Å². The number of pyridine rings is 1. The summed E-state index contributed by atoms with van der Waals surface area (Å²) in [4.78, 5) is 54.9. The number of nitrogens with zero attached hydrogens (tertiary/aromatic N) is 2. The molecule has 3 heterocycles. The van der Waals surface area contributed by atoms with Crippen molar-refractivity contribution in [2.45, 2.75) is 37.6 Å². The summed E-state index contributed by atoms with van der Waals surface area (Å²) >= 11 is 0. The lowest BCUT2D eigenvalue weighted by Crippen LogP contribution is -2.51. The van der Waals surface area contributed by atoms with E-state index in [1.165, 1.54) is 12.3 Å². The van der Waals surface area contributed by atoms with Crippen LogP contribution in [0.2, 0.25) is 0 Å². The maximum absolute atomic E-state index is 12.9. The molecule has 1 aromatic carbocycles. The molecule has 0 radical (unpaired) electrons. The van der Waals surface area contributed by atoms with Gasteiger partial charge in [0, 0.05) is 5.39 Å². The zero-order valence-electron chi connectivity index (χ0n) is 18.2. The number of rotatable bonds is 5. The molecule has 10 nitrogen and oxygen atoms in total. The second-order valence-electron chi connectivity index (χ2n) is 8.37. The molecule has 174 valence electrons. The number of nitrogens with one attached hydrogen (secondary N) is 2. The van der Waals surface area contributed by atoms with E-state index in [1.807, 2.05) is 0 Å². The van der Waals surface area contributed by atoms with E-state index in [4.69, 9.17) is 9.15 Å². The quantitative estimate of drug-likeness (QED) is 0.440. The molecule has 0 unspecified atom stereocenters. The van der Waals surface area contributed by atoms with Gasteiger partial charge in [-0.25, -0.2) is 14.6 Å². The fourth-order valence-corrected chi connectivity index (χ4v) is 4.48. The molecule has 2 aliphatic rings. The third kappa shape index (κ3) is 3.87. The number of urea groups is 1. The van der Waals surface area contributed by atoms with Crippen LogP contribution in [0.25, 0.3) is 22.4 Å². The molecular weight excluding hydrogens is 440 g/mol. The summed E-state index contributed by atoms with van der Waals surface area (Å²) in [5, 5.41) is 3.94. The van der Waals surface area contributed by atoms with E-state index in [0.29, 0.717) is 40.2 Å². The number of carbonyl (C=O) groups is 4. The summed E-state index contributed by atoms with van der Waals surface area (Å²) in [5.41, 5.74) is 2.51. The number of fused-ring (bicyclic) bond motifs is 1. The normalized spacial score (nSPS) is 17.1. The van der Waals surface area contributed by atoms with Crippen LogP contribution in [0, 0.1) is 0 Å². The molecule has 10 heteroatoms. The summed E-state index contributed by atoms with van der Waals surface area (Å²) in [6, 6.07) is 11.3. The molecule has 3 aromatic rings. The summed E-state index contributed by atoms with van der Waals surface area (Å²) in [5.74, 6) is -1.55. The first-order chi connectivity index (χ1) is 16.5. The number of esters is 1. The first kappa shape index (κ1) is 21.6. The molecule has 1 spiro atoms. The van der Waals surface area contributed by atoms with Gasteiger partial charge in [-0.2, -0.15) is 5.01 Å². The van der Waals surface area contributed by atoms with Gasteiger partial charge in [0.2, 0.25) is 0 Å². The highest BCUT2D eigenvalue weighted by atomic mass is 16.5. The molecule has 0 atom stereocenters. The van der Waals surface area contributed by atoms with Crippen LogP contribution in [0.5, 0.6) is 0 Å². The van der Waals surface area contributed by atoms with Crippen molar-refractivity contribution in [3.05, 3.63) is 54.3 Å². The van der Waals surface area contributed by atoms with Crippen LogP contribution in [0.4, 0.5) is 4.79 Å². The maximum Gasteiger partial charge on any atom is 0.344 e. The highest BCUT2D eigenvalue weighted by Crippen LogP contribution is 2.33. The lowest BCUT2D eigenvalue weighted by atomic mass is 9.82. The number of ether oxygens (including phenoxy) is 1. The van der Waals surface area contributed by atoms with Crippen LogP contribution in [-0.2, 0) is 14.3 Å². The number of amides is 4. The van der Waals surface area contributed by atoms with E-state index < -0.39 is 36.0 Å². The Kier molecular flexibility index (Phi) is 5.48. The van der Waals surface area contributed by atoms with Gasteiger partial charge in [-0.05, 0) is 37.1 Å². The lowest BCUT2D eigenvalue weighted by molar-refractivity contribution is -0.140. The summed E-state index contributed by atoms with van der Waals surface area (Å²) in [6.45, 7) is -0.671. The van der Waals surface area contributed by atoms with Crippen molar-refractivity contribution in [3.63, 3.8) is 0 Å². The molecule has 0 bridgehead atoms. The fraction of sp³-hybridized carbons (Fsp3) is 0.292. The van der Waals surface area contributed by atoms with E-state index in [-0.39, 0.29) is 5.56 Å². The average Bonchev–Trinajstić information content (AvgIpc) is 3.46. The van der Waals surface area contributed by atoms with Crippen molar-refractivity contribution >= 4 is 34.7 Å². The Morgan fingerprint density at radius 1 is 1.12 bits per heavy atom. The first-order valence-corrected chi connectivity index (χ1v) is 11.0. The van der Waals surface area contributed by atoms with Gasteiger partial charge in [-0.15, -0.1) is 0 Å². The predicted molar refractivity (Wildman–Crippen MR) is 119 cm³/mol. The van der Waals surface area contributed by atoms with Gasteiger partial charge in [0.25, 0.3) is 11.8 Å². The van der Waals surface area contributed by atoms with Gasteiger partial charge >= 0.3 is 12.0 Å². The van der Waals surface area contributed by atoms with Gasteiger partial charge in [0.15, 0.2) is 12.4 Å². The minimum Gasteiger partial charge on any atom is -0.463 e. The van der Waals surface area contributed by atoms with Crippen molar-refractivity contribution in [1.82, 2.24) is 20.7 Å². The molecule has 1 aliphatic heterocycles. The van der Waals surface area contributed by atoms with Crippen LogP contribution >= 0.6 is 0 Å². The molecular formula is C24H22N4O6. The van der Waals surface area contributed by atoms with Gasteiger partial charge in [0.05, 0.1) is 17.3 Å². The zero-order chi connectivity index (χ0) is 23.7. The summed E-state index contributed by atoms with van der Waals surface area (Å²) in [7, 11) is 0. The molecule has 34 heavy (non-hydrogen) atoms. The number of benzene rings is 1. The minimum absolute atomic E-state index is 0.209. The number of carbonyl (C=O) groups excluding carboxylic acids is 4. The van der Waals surface area contributed by atoms with Gasteiger partial charge in [-0.3, -0.25) is 15.0 Å². The van der Waals surface area contributed by atoms with Crippen LogP contribution in [-0.4, -0.2) is 46.0 Å². The Morgan fingerprint density at radius 3 is 2.68 bits per heavy atom. The van der Waals surface area contributed by atoms with E-state index >= 15 is 0 Å². The number of para-hydroxylation sites is 1. The van der Waals surface area contributed by atoms with E-state index in [1.54, 1.807) is 36.4 Å². The number of aromatic nitrogens is 1. The second-order valence-corrected chi connectivity index (χ2v) is 8.37. The summed E-state index contributed by atoms with van der Waals surface area (Å²) in [6.07, 6.45) is 5.22. The Bertz CT molecular complexity index is 1280. The highest BCUT2D eigenvalue weighted by molar-refractivity contribution is 6.08. The minimum atomic E-state index is -0.961. The Hall–Kier alpha value is -4.21. The molecule has 4 amide bonds. The molecule has 5 rings (SSSR count). The number of hydrazine groups is 1. The van der Waals surface area contributed by atoms with Gasteiger partial charge in [0.1, 0.15) is 11.2 Å². The highest BCUT2D eigenvalue weighted by Gasteiger charge is 2.52. The standard InChI is InChI=1S/C24H22N4O6/c29-20(27-28-22(31)24(26-23(28)32)10-4-1-5-11-24)14-34-21(30)16-13-18(19-9-6-12-33-19)25-17-8-3-2-7-15(16)17/h2-3,6-9,12-13H,1,4-5,10-11,14H2,(H,26,32)(H,27,29). The smallest absolute Gasteiger partial charge is 0.344 e. The van der Waals surface area contributed by atoms with Gasteiger partial charge < -0.3 is 14.5 Å². The van der Waals surface area contributed by atoms with Crippen LogP contribution in [0.15, 0.2) is 53.1 Å². The van der Waals surface area contributed by atoms with Crippen molar-refractivity contribution in [3.8, 4) is 11.5 Å². The number of imide groups is 1. The molecule has 2 N–H and O–H groups in total. The Labute approximate surface area is 194 Å². The van der Waals surface area contributed by atoms with E-state index in [9.17, 15) is 19.2 Å². The van der Waals surface area contributed by atoms with Crippen LogP contribution < -0.4 is 10.7 Å². The topological polar surface area (TPSA) is 131 Å². The monoisotopic (exact) mass is 462 g/mol. The molecule has 2 aromatic heterocycles. The van der Waals surface area contributed by atoms with Gasteiger partial charge in [-0.1, -0.05) is 37.5 Å². The number of furan rings is 1. The molecule has 1 saturated heterocycles. The fourth-order valence-electron chi connectivity index (χ4n) is 4.48. The lowest BCUT2D eigenvalue weighted by Gasteiger charge is -2.30. The Morgan fingerprint density at radius 2 is 1.91 bits per heavy atom. The Balaban J connectivity index is 1.29. The third-order valence-corrected chi connectivity index (χ3v) is 6.15. The number of hydrogen-bond donors (Lipinski definition) is 2. The third-order valence-electron chi connectivity index (χ3n) is 6.15. The number of hydrogen-bond acceptors (Lipinski definition) is 7. The molecule has 2 fully saturated rings. The average molecular weight is 462 g/mol. The summed E-state index contributed by atoms with van der Waals surface area (Å²) < 4.78 is 10.6. The first-order valence-electron chi connectivity index (χ1n) is 11.0. The van der Waals surface area contributed by atoms with Crippen molar-refractivity contribution < 1.29 is 28.3 Å². The van der Waals surface area contributed by atoms with Crippen LogP contribution in [0.3, 0.4) is 0 Å². The predicted octanol–water partition coefficient (Wildman–Crippen LogP) is 2.94. The maximum atomic E-state index is 12.9. The largest absolute Gasteiger partial charge is 0.463 e. The second kappa shape index (κ2) is 8.62. The van der Waals surface area contributed by atoms with Crippen LogP contribution in [0.1, 0.15) is 42.5 Å². The molecule has 1 saturated carbocycles. The SMILES string of the molecule is O=C(COC(=O)c1cc(-c2ccco2)nc2ccccc12)NN1C(=O)NC2(CCCCC2)C1=O. The van der Waals surface area contributed by atoms with Crippen molar-refractivity contribution in [1.29, 1.82) is 0 Å².